The van der Waals surface area contributed by atoms with E-state index in [-0.39, 0.29) is 18.4 Å². The molecule has 0 saturated heterocycles. The van der Waals surface area contributed by atoms with Gasteiger partial charge in [-0.15, -0.1) is 0 Å². The molecule has 1 aliphatic rings. The molecular formula is C18H16N4O2. The first-order valence-corrected chi connectivity index (χ1v) is 7.81. The van der Waals surface area contributed by atoms with Gasteiger partial charge in [-0.2, -0.15) is 0 Å². The number of carbonyl (C=O) groups excluding carboxylic acids is 2. The third-order valence-corrected chi connectivity index (χ3v) is 4.25. The largest absolute Gasteiger partial charge is 0.351 e. The SMILES string of the molecule is O=C(NCC(=O)N1CCc2cnccc21)c1cc2ccccc2[nH]1. The number of H-pyrrole nitrogens is 1. The molecule has 2 aromatic heterocycles. The minimum absolute atomic E-state index is 0.0318. The molecule has 3 heterocycles. The number of benzene rings is 1. The molecule has 6 heteroatoms. The molecule has 6 nitrogen and oxygen atoms in total. The Morgan fingerprint density at radius 2 is 2.12 bits per heavy atom. The molecule has 0 bridgehead atoms. The van der Waals surface area contributed by atoms with E-state index in [9.17, 15) is 9.59 Å². The summed E-state index contributed by atoms with van der Waals surface area (Å²) in [5.74, 6) is -0.405. The van der Waals surface area contributed by atoms with Crippen molar-refractivity contribution in [2.75, 3.05) is 18.0 Å². The number of hydrogen-bond donors (Lipinski definition) is 2. The lowest BCUT2D eigenvalue weighted by Crippen LogP contribution is -2.39. The first-order chi connectivity index (χ1) is 11.7. The fraction of sp³-hybridized carbons (Fsp3) is 0.167. The Morgan fingerprint density at radius 1 is 1.25 bits per heavy atom. The van der Waals surface area contributed by atoms with Crippen LogP contribution in [-0.4, -0.2) is 34.9 Å². The van der Waals surface area contributed by atoms with Crippen LogP contribution in [-0.2, 0) is 11.2 Å². The summed E-state index contributed by atoms with van der Waals surface area (Å²) >= 11 is 0. The average molecular weight is 320 g/mol. The lowest BCUT2D eigenvalue weighted by molar-refractivity contribution is -0.117. The Morgan fingerprint density at radius 3 is 3.00 bits per heavy atom. The van der Waals surface area contributed by atoms with Crippen molar-refractivity contribution in [2.24, 2.45) is 0 Å². The Kier molecular flexibility index (Phi) is 3.49. The maximum Gasteiger partial charge on any atom is 0.268 e. The smallest absolute Gasteiger partial charge is 0.268 e. The van der Waals surface area contributed by atoms with Crippen LogP contribution >= 0.6 is 0 Å². The summed E-state index contributed by atoms with van der Waals surface area (Å²) in [6.45, 7) is 0.595. The fourth-order valence-electron chi connectivity index (χ4n) is 3.03. The van der Waals surface area contributed by atoms with E-state index >= 15 is 0 Å². The van der Waals surface area contributed by atoms with E-state index in [2.05, 4.69) is 15.3 Å². The number of carbonyl (C=O) groups is 2. The quantitative estimate of drug-likeness (QED) is 0.773. The van der Waals surface area contributed by atoms with E-state index < -0.39 is 0 Å². The second kappa shape index (κ2) is 5.81. The molecule has 0 saturated carbocycles. The average Bonchev–Trinajstić information content (AvgIpc) is 3.23. The number of amides is 2. The van der Waals surface area contributed by atoms with Crippen LogP contribution in [0.2, 0.25) is 0 Å². The third kappa shape index (κ3) is 2.52. The number of nitrogens with one attached hydrogen (secondary N) is 2. The van der Waals surface area contributed by atoms with Crippen LogP contribution in [0.5, 0.6) is 0 Å². The van der Waals surface area contributed by atoms with Gasteiger partial charge in [0.05, 0.1) is 6.54 Å². The molecule has 0 spiro atoms. The van der Waals surface area contributed by atoms with Gasteiger partial charge in [0, 0.05) is 35.5 Å². The molecule has 24 heavy (non-hydrogen) atoms. The fourth-order valence-corrected chi connectivity index (χ4v) is 3.03. The van der Waals surface area contributed by atoms with Crippen LogP contribution in [0.15, 0.2) is 48.8 Å². The van der Waals surface area contributed by atoms with Crippen molar-refractivity contribution in [2.45, 2.75) is 6.42 Å². The zero-order valence-corrected chi connectivity index (χ0v) is 13.0. The highest BCUT2D eigenvalue weighted by molar-refractivity contribution is 6.02. The maximum absolute atomic E-state index is 12.4. The Labute approximate surface area is 138 Å². The summed E-state index contributed by atoms with van der Waals surface area (Å²) < 4.78 is 0. The minimum atomic E-state index is -0.284. The maximum atomic E-state index is 12.4. The van der Waals surface area contributed by atoms with Crippen molar-refractivity contribution in [3.8, 4) is 0 Å². The summed E-state index contributed by atoms with van der Waals surface area (Å²) in [5, 5.41) is 3.66. The van der Waals surface area contributed by atoms with E-state index in [0.29, 0.717) is 12.2 Å². The molecule has 0 unspecified atom stereocenters. The molecule has 0 fully saturated rings. The number of nitrogens with zero attached hydrogens (tertiary/aromatic N) is 2. The van der Waals surface area contributed by atoms with Crippen LogP contribution < -0.4 is 10.2 Å². The van der Waals surface area contributed by atoms with E-state index in [1.54, 1.807) is 23.4 Å². The summed E-state index contributed by atoms with van der Waals surface area (Å²) in [6.07, 6.45) is 4.25. The van der Waals surface area contributed by atoms with Gasteiger partial charge in [-0.1, -0.05) is 18.2 Å². The number of pyridine rings is 1. The Bertz CT molecular complexity index is 898. The molecule has 1 aromatic carbocycles. The second-order valence-corrected chi connectivity index (χ2v) is 5.75. The second-order valence-electron chi connectivity index (χ2n) is 5.75. The van der Waals surface area contributed by atoms with Crippen molar-refractivity contribution < 1.29 is 9.59 Å². The van der Waals surface area contributed by atoms with Crippen LogP contribution in [0.4, 0.5) is 5.69 Å². The molecule has 0 aliphatic carbocycles. The molecule has 4 rings (SSSR count). The van der Waals surface area contributed by atoms with Gasteiger partial charge in [-0.25, -0.2) is 0 Å². The van der Waals surface area contributed by atoms with E-state index in [1.807, 2.05) is 30.3 Å². The molecule has 0 atom stereocenters. The number of fused-ring (bicyclic) bond motifs is 2. The number of anilines is 1. The summed E-state index contributed by atoms with van der Waals surface area (Å²) in [4.78, 5) is 33.5. The number of hydrogen-bond acceptors (Lipinski definition) is 3. The summed E-state index contributed by atoms with van der Waals surface area (Å²) in [6, 6.07) is 11.3. The number of aromatic nitrogens is 2. The van der Waals surface area contributed by atoms with Crippen molar-refractivity contribution in [3.63, 3.8) is 0 Å². The summed E-state index contributed by atoms with van der Waals surface area (Å²) in [7, 11) is 0. The minimum Gasteiger partial charge on any atom is -0.351 e. The van der Waals surface area contributed by atoms with Crippen LogP contribution in [0.25, 0.3) is 10.9 Å². The van der Waals surface area contributed by atoms with Crippen LogP contribution in [0, 0.1) is 0 Å². The lowest BCUT2D eigenvalue weighted by Gasteiger charge is -2.17. The molecule has 3 aromatic rings. The van der Waals surface area contributed by atoms with Gasteiger partial charge in [-0.05, 0) is 30.2 Å². The van der Waals surface area contributed by atoms with Crippen molar-refractivity contribution >= 4 is 28.4 Å². The normalized spacial score (nSPS) is 13.1. The van der Waals surface area contributed by atoms with Crippen LogP contribution in [0.1, 0.15) is 16.1 Å². The first-order valence-electron chi connectivity index (χ1n) is 7.81. The van der Waals surface area contributed by atoms with Gasteiger partial charge in [0.1, 0.15) is 5.69 Å². The molecule has 1 aliphatic heterocycles. The Balaban J connectivity index is 1.43. The number of aromatic amines is 1. The van der Waals surface area contributed by atoms with Crippen molar-refractivity contribution in [3.05, 3.63) is 60.0 Å². The molecule has 120 valence electrons. The molecule has 2 amide bonds. The standard InChI is InChI=1S/C18H16N4O2/c23-17(22-8-6-13-10-19-7-5-16(13)22)11-20-18(24)15-9-12-3-1-2-4-14(12)21-15/h1-5,7,9-10,21H,6,8,11H2,(H,20,24). The predicted molar refractivity (Wildman–Crippen MR) is 90.9 cm³/mol. The number of para-hydroxylation sites is 1. The van der Waals surface area contributed by atoms with Crippen LogP contribution in [0.3, 0.4) is 0 Å². The number of rotatable bonds is 3. The highest BCUT2D eigenvalue weighted by Crippen LogP contribution is 2.26. The highest BCUT2D eigenvalue weighted by Gasteiger charge is 2.24. The van der Waals surface area contributed by atoms with Gasteiger partial charge < -0.3 is 15.2 Å². The topological polar surface area (TPSA) is 78.1 Å². The Hall–Kier alpha value is -3.15. The van der Waals surface area contributed by atoms with E-state index in [0.717, 1.165) is 28.6 Å². The van der Waals surface area contributed by atoms with E-state index in [1.165, 1.54) is 0 Å². The lowest BCUT2D eigenvalue weighted by atomic mass is 10.2. The van der Waals surface area contributed by atoms with Crippen molar-refractivity contribution in [1.29, 1.82) is 0 Å². The first kappa shape index (κ1) is 14.4. The summed E-state index contributed by atoms with van der Waals surface area (Å²) in [5.41, 5.74) is 3.30. The van der Waals surface area contributed by atoms with Crippen molar-refractivity contribution in [1.82, 2.24) is 15.3 Å². The zero-order chi connectivity index (χ0) is 16.5. The van der Waals surface area contributed by atoms with Gasteiger partial charge >= 0.3 is 0 Å². The zero-order valence-electron chi connectivity index (χ0n) is 13.0. The highest BCUT2D eigenvalue weighted by atomic mass is 16.2. The predicted octanol–water partition coefficient (Wildman–Crippen LogP) is 1.88. The monoisotopic (exact) mass is 320 g/mol. The van der Waals surface area contributed by atoms with Gasteiger partial charge in [0.15, 0.2) is 0 Å². The molecule has 2 N–H and O–H groups in total. The van der Waals surface area contributed by atoms with E-state index in [4.69, 9.17) is 0 Å². The third-order valence-electron chi connectivity index (χ3n) is 4.25. The molecule has 0 radical (unpaired) electrons. The van der Waals surface area contributed by atoms with Gasteiger partial charge in [-0.3, -0.25) is 14.6 Å². The van der Waals surface area contributed by atoms with Gasteiger partial charge in [0.25, 0.3) is 5.91 Å². The van der Waals surface area contributed by atoms with Gasteiger partial charge in [0.2, 0.25) is 5.91 Å². The molecular weight excluding hydrogens is 304 g/mol.